The molecule has 2 N–H and O–H groups in total. The second-order valence-electron chi connectivity index (χ2n) is 6.36. The summed E-state index contributed by atoms with van der Waals surface area (Å²) in [6.45, 7) is 0.428. The third-order valence-corrected chi connectivity index (χ3v) is 4.36. The number of hydrogen-bond acceptors (Lipinski definition) is 3. The minimum atomic E-state index is -0.516. The minimum absolute atomic E-state index is 0.214. The number of rotatable bonds is 5. The quantitative estimate of drug-likeness (QED) is 0.525. The Morgan fingerprint density at radius 1 is 0.821 bits per heavy atom. The standard InChI is InChI=1S/C23H18N2O3/c26-22-20(24-23(27)25-22)13-17-11-12-19(18-9-5-2-6-10-18)21(14-17)28-15-16-7-3-1-4-8-16/h1-14H,15H2,(H2,24,25,26,27)/b20-13+. The van der Waals surface area contributed by atoms with Gasteiger partial charge in [-0.1, -0.05) is 72.8 Å². The van der Waals surface area contributed by atoms with Gasteiger partial charge in [-0.2, -0.15) is 0 Å². The Labute approximate surface area is 162 Å². The lowest BCUT2D eigenvalue weighted by atomic mass is 10.0. The molecule has 5 nitrogen and oxygen atoms in total. The maximum atomic E-state index is 11.8. The van der Waals surface area contributed by atoms with E-state index in [0.717, 1.165) is 22.3 Å². The van der Waals surface area contributed by atoms with Crippen LogP contribution in [0.5, 0.6) is 5.75 Å². The van der Waals surface area contributed by atoms with E-state index in [4.69, 9.17) is 4.74 Å². The number of carbonyl (C=O) groups excluding carboxylic acids is 2. The van der Waals surface area contributed by atoms with Crippen molar-refractivity contribution in [3.63, 3.8) is 0 Å². The number of carbonyl (C=O) groups is 2. The lowest BCUT2D eigenvalue weighted by Gasteiger charge is -2.13. The van der Waals surface area contributed by atoms with Crippen LogP contribution >= 0.6 is 0 Å². The summed E-state index contributed by atoms with van der Waals surface area (Å²) in [5.74, 6) is 0.262. The van der Waals surface area contributed by atoms with E-state index >= 15 is 0 Å². The number of amides is 3. The van der Waals surface area contributed by atoms with Crippen molar-refractivity contribution >= 4 is 18.0 Å². The summed E-state index contributed by atoms with van der Waals surface area (Å²) < 4.78 is 6.11. The van der Waals surface area contributed by atoms with E-state index in [-0.39, 0.29) is 5.70 Å². The van der Waals surface area contributed by atoms with Crippen LogP contribution in [0.3, 0.4) is 0 Å². The van der Waals surface area contributed by atoms with E-state index < -0.39 is 11.9 Å². The van der Waals surface area contributed by atoms with Gasteiger partial charge in [-0.25, -0.2) is 4.79 Å². The van der Waals surface area contributed by atoms with Crippen molar-refractivity contribution in [3.8, 4) is 16.9 Å². The predicted octanol–water partition coefficient (Wildman–Crippen LogP) is 4.11. The summed E-state index contributed by atoms with van der Waals surface area (Å²) in [5.41, 5.74) is 4.03. The van der Waals surface area contributed by atoms with Crippen molar-refractivity contribution in [1.82, 2.24) is 10.6 Å². The Balaban J connectivity index is 1.68. The summed E-state index contributed by atoms with van der Waals surface area (Å²) in [7, 11) is 0. The summed E-state index contributed by atoms with van der Waals surface area (Å²) in [4.78, 5) is 23.1. The molecule has 0 radical (unpaired) electrons. The summed E-state index contributed by atoms with van der Waals surface area (Å²) in [6.07, 6.45) is 1.63. The molecular weight excluding hydrogens is 352 g/mol. The zero-order valence-corrected chi connectivity index (χ0v) is 15.0. The third kappa shape index (κ3) is 3.94. The Morgan fingerprint density at radius 3 is 2.21 bits per heavy atom. The van der Waals surface area contributed by atoms with Crippen LogP contribution in [0.1, 0.15) is 11.1 Å². The zero-order chi connectivity index (χ0) is 19.3. The molecule has 0 bridgehead atoms. The molecular formula is C23H18N2O3. The van der Waals surface area contributed by atoms with Crippen LogP contribution in [0.4, 0.5) is 4.79 Å². The van der Waals surface area contributed by atoms with Crippen molar-refractivity contribution in [2.24, 2.45) is 0 Å². The maximum absolute atomic E-state index is 11.8. The molecule has 4 rings (SSSR count). The molecule has 138 valence electrons. The van der Waals surface area contributed by atoms with Crippen LogP contribution in [-0.2, 0) is 11.4 Å². The van der Waals surface area contributed by atoms with Gasteiger partial charge in [0, 0.05) is 5.56 Å². The van der Waals surface area contributed by atoms with Crippen LogP contribution in [0, 0.1) is 0 Å². The van der Waals surface area contributed by atoms with Gasteiger partial charge in [-0.15, -0.1) is 0 Å². The molecule has 0 aromatic heterocycles. The first-order valence-corrected chi connectivity index (χ1v) is 8.89. The molecule has 0 saturated carbocycles. The lowest BCUT2D eigenvalue weighted by molar-refractivity contribution is -0.115. The van der Waals surface area contributed by atoms with Gasteiger partial charge in [-0.3, -0.25) is 10.1 Å². The number of nitrogens with one attached hydrogen (secondary N) is 2. The smallest absolute Gasteiger partial charge is 0.326 e. The molecule has 3 aromatic carbocycles. The molecule has 1 fully saturated rings. The Morgan fingerprint density at radius 2 is 1.54 bits per heavy atom. The molecule has 5 heteroatoms. The highest BCUT2D eigenvalue weighted by Gasteiger charge is 2.22. The number of hydrogen-bond donors (Lipinski definition) is 2. The molecule has 3 amide bonds. The third-order valence-electron chi connectivity index (χ3n) is 4.36. The number of imide groups is 1. The highest BCUT2D eigenvalue weighted by Crippen LogP contribution is 2.32. The summed E-state index contributed by atoms with van der Waals surface area (Å²) >= 11 is 0. The SMILES string of the molecule is O=C1NC(=O)/C(=C\c2ccc(-c3ccccc3)c(OCc3ccccc3)c2)N1. The summed E-state index contributed by atoms with van der Waals surface area (Å²) in [5, 5.41) is 4.69. The zero-order valence-electron chi connectivity index (χ0n) is 15.0. The van der Waals surface area contributed by atoms with Gasteiger partial charge in [0.25, 0.3) is 5.91 Å². The molecule has 1 heterocycles. The fourth-order valence-electron chi connectivity index (χ4n) is 2.99. The molecule has 0 unspecified atom stereocenters. The second-order valence-corrected chi connectivity index (χ2v) is 6.36. The van der Waals surface area contributed by atoms with E-state index in [9.17, 15) is 9.59 Å². The average Bonchev–Trinajstić information content (AvgIpc) is 3.04. The van der Waals surface area contributed by atoms with Gasteiger partial charge >= 0.3 is 6.03 Å². The van der Waals surface area contributed by atoms with E-state index in [2.05, 4.69) is 10.6 Å². The Bertz CT molecular complexity index is 1040. The largest absolute Gasteiger partial charge is 0.488 e. The van der Waals surface area contributed by atoms with Gasteiger partial charge in [0.2, 0.25) is 0 Å². The van der Waals surface area contributed by atoms with E-state index in [1.54, 1.807) is 6.08 Å². The molecule has 1 aliphatic heterocycles. The van der Waals surface area contributed by atoms with E-state index in [0.29, 0.717) is 12.4 Å². The molecule has 0 atom stereocenters. The van der Waals surface area contributed by atoms with Crippen molar-refractivity contribution < 1.29 is 14.3 Å². The fourth-order valence-corrected chi connectivity index (χ4v) is 2.99. The van der Waals surface area contributed by atoms with Crippen LogP contribution < -0.4 is 15.4 Å². The number of ether oxygens (including phenoxy) is 1. The second kappa shape index (κ2) is 7.80. The monoisotopic (exact) mass is 370 g/mol. The van der Waals surface area contributed by atoms with Gasteiger partial charge in [0.15, 0.2) is 0 Å². The van der Waals surface area contributed by atoms with Crippen LogP contribution in [0.15, 0.2) is 84.6 Å². The molecule has 1 saturated heterocycles. The summed E-state index contributed by atoms with van der Waals surface area (Å²) in [6, 6.07) is 25.1. The average molecular weight is 370 g/mol. The highest BCUT2D eigenvalue weighted by molar-refractivity contribution is 6.14. The lowest BCUT2D eigenvalue weighted by Crippen LogP contribution is -2.22. The van der Waals surface area contributed by atoms with Crippen molar-refractivity contribution in [2.45, 2.75) is 6.61 Å². The van der Waals surface area contributed by atoms with Gasteiger partial charge in [0.1, 0.15) is 18.1 Å². The van der Waals surface area contributed by atoms with Crippen molar-refractivity contribution in [2.75, 3.05) is 0 Å². The maximum Gasteiger partial charge on any atom is 0.326 e. The minimum Gasteiger partial charge on any atom is -0.488 e. The van der Waals surface area contributed by atoms with Crippen LogP contribution in [-0.4, -0.2) is 11.9 Å². The predicted molar refractivity (Wildman–Crippen MR) is 107 cm³/mol. The van der Waals surface area contributed by atoms with E-state index in [1.165, 1.54) is 0 Å². The number of urea groups is 1. The normalized spacial score (nSPS) is 14.6. The van der Waals surface area contributed by atoms with E-state index in [1.807, 2.05) is 78.9 Å². The molecule has 1 aliphatic rings. The first kappa shape index (κ1) is 17.5. The molecule has 0 spiro atoms. The Hall–Kier alpha value is -3.86. The number of benzene rings is 3. The van der Waals surface area contributed by atoms with Crippen LogP contribution in [0.25, 0.3) is 17.2 Å². The van der Waals surface area contributed by atoms with Crippen molar-refractivity contribution in [1.29, 1.82) is 0 Å². The molecule has 28 heavy (non-hydrogen) atoms. The van der Waals surface area contributed by atoms with Crippen molar-refractivity contribution in [3.05, 3.63) is 95.7 Å². The van der Waals surface area contributed by atoms with Crippen LogP contribution in [0.2, 0.25) is 0 Å². The van der Waals surface area contributed by atoms with Gasteiger partial charge in [0.05, 0.1) is 0 Å². The van der Waals surface area contributed by atoms with Gasteiger partial charge < -0.3 is 10.1 Å². The fraction of sp³-hybridized carbons (Fsp3) is 0.0435. The van der Waals surface area contributed by atoms with Gasteiger partial charge in [-0.05, 0) is 28.8 Å². The first-order chi connectivity index (χ1) is 13.7. The highest BCUT2D eigenvalue weighted by atomic mass is 16.5. The topological polar surface area (TPSA) is 67.4 Å². The Kier molecular flexibility index (Phi) is 4.89. The first-order valence-electron chi connectivity index (χ1n) is 8.89. The molecule has 3 aromatic rings. The molecule has 0 aliphatic carbocycles.